The first-order chi connectivity index (χ1) is 12.1. The Labute approximate surface area is 158 Å². The highest BCUT2D eigenvalue weighted by Gasteiger charge is 2.03. The fourth-order valence-corrected chi connectivity index (χ4v) is 2.63. The topological polar surface area (TPSA) is 56.5 Å². The molecule has 25 heavy (non-hydrogen) atoms. The summed E-state index contributed by atoms with van der Waals surface area (Å²) in [7, 11) is 1.58. The van der Waals surface area contributed by atoms with Crippen molar-refractivity contribution < 1.29 is 18.7 Å². The second-order valence-electron chi connectivity index (χ2n) is 4.84. The Hall–Kier alpha value is -2.37. The average molecular weight is 422 g/mol. The molecule has 4 nitrogen and oxygen atoms in total. The molecule has 0 saturated heterocycles. The lowest BCUT2D eigenvalue weighted by Crippen LogP contribution is -1.85. The minimum Gasteiger partial charge on any atom is -0.496 e. The Morgan fingerprint density at radius 1 is 1.00 bits per heavy atom. The van der Waals surface area contributed by atoms with Gasteiger partial charge >= 0.3 is 0 Å². The average Bonchev–Trinajstić information content (AvgIpc) is 3.12. The number of methoxy groups -OCH3 is 1. The first-order valence-corrected chi connectivity index (χ1v) is 8.34. The van der Waals surface area contributed by atoms with E-state index in [0.717, 1.165) is 22.1 Å². The molecule has 0 aliphatic carbocycles. The van der Waals surface area contributed by atoms with Crippen molar-refractivity contribution in [1.82, 2.24) is 0 Å². The van der Waals surface area contributed by atoms with Crippen LogP contribution in [0, 0.1) is 0 Å². The molecule has 0 N–H and O–H groups in total. The van der Waals surface area contributed by atoms with Crippen LogP contribution < -0.4 is 4.74 Å². The minimum atomic E-state index is 0.329. The van der Waals surface area contributed by atoms with Gasteiger partial charge in [-0.05, 0) is 70.5 Å². The number of ether oxygens (including phenoxy) is 1. The molecule has 3 rings (SSSR count). The van der Waals surface area contributed by atoms with E-state index in [1.54, 1.807) is 49.6 Å². The first kappa shape index (κ1) is 19.0. The van der Waals surface area contributed by atoms with Crippen LogP contribution in [0.2, 0.25) is 5.02 Å². The zero-order valence-electron chi connectivity index (χ0n) is 13.2. The van der Waals surface area contributed by atoms with Gasteiger partial charge in [0.15, 0.2) is 12.0 Å². The Kier molecular flexibility index (Phi) is 6.98. The van der Waals surface area contributed by atoms with E-state index in [4.69, 9.17) is 20.8 Å². The van der Waals surface area contributed by atoms with E-state index in [1.165, 1.54) is 0 Å². The molecular formula is C19H14BrClO4. The van der Waals surface area contributed by atoms with E-state index >= 15 is 0 Å². The highest BCUT2D eigenvalue weighted by Crippen LogP contribution is 2.25. The van der Waals surface area contributed by atoms with E-state index in [1.807, 2.05) is 12.1 Å². The predicted octanol–water partition coefficient (Wildman–Crippen LogP) is 5.68. The fourth-order valence-electron chi connectivity index (χ4n) is 1.94. The molecule has 0 unspecified atom stereocenters. The Balaban J connectivity index is 0.000000186. The van der Waals surface area contributed by atoms with Crippen LogP contribution in [0.3, 0.4) is 0 Å². The summed E-state index contributed by atoms with van der Waals surface area (Å²) in [5, 5.41) is 0.677. The minimum absolute atomic E-state index is 0.329. The van der Waals surface area contributed by atoms with Gasteiger partial charge < -0.3 is 9.15 Å². The van der Waals surface area contributed by atoms with E-state index in [-0.39, 0.29) is 0 Å². The summed E-state index contributed by atoms with van der Waals surface area (Å²) in [6.45, 7) is 0. The fraction of sp³-hybridized carbons (Fsp3) is 0.0526. The Morgan fingerprint density at radius 2 is 1.72 bits per heavy atom. The molecule has 0 spiro atoms. The highest BCUT2D eigenvalue weighted by molar-refractivity contribution is 9.10. The van der Waals surface area contributed by atoms with E-state index in [0.29, 0.717) is 28.4 Å². The van der Waals surface area contributed by atoms with Crippen molar-refractivity contribution in [1.29, 1.82) is 0 Å². The van der Waals surface area contributed by atoms with Crippen molar-refractivity contribution in [2.45, 2.75) is 0 Å². The normalized spacial score (nSPS) is 9.72. The molecule has 0 aliphatic rings. The number of hydrogen-bond donors (Lipinski definition) is 0. The SMILES string of the molecule is COc1ccc(C=O)cc1Br.O=Cc1ccc(-c2ccc(Cl)cc2)o1. The van der Waals surface area contributed by atoms with Crippen molar-refractivity contribution in [2.24, 2.45) is 0 Å². The maximum atomic E-state index is 10.4. The second kappa shape index (κ2) is 9.20. The lowest BCUT2D eigenvalue weighted by atomic mass is 10.2. The summed E-state index contributed by atoms with van der Waals surface area (Å²) in [6.07, 6.45) is 1.48. The summed E-state index contributed by atoms with van der Waals surface area (Å²) in [5.74, 6) is 1.73. The van der Waals surface area contributed by atoms with Crippen LogP contribution in [0.5, 0.6) is 5.75 Å². The third kappa shape index (κ3) is 5.31. The lowest BCUT2D eigenvalue weighted by Gasteiger charge is -2.01. The first-order valence-electron chi connectivity index (χ1n) is 7.17. The number of aldehydes is 2. The molecule has 1 aromatic heterocycles. The monoisotopic (exact) mass is 420 g/mol. The maximum Gasteiger partial charge on any atom is 0.185 e. The largest absolute Gasteiger partial charge is 0.496 e. The number of carbonyl (C=O) groups excluding carboxylic acids is 2. The molecule has 0 radical (unpaired) electrons. The van der Waals surface area contributed by atoms with Crippen LogP contribution in [-0.2, 0) is 0 Å². The zero-order valence-corrected chi connectivity index (χ0v) is 15.6. The van der Waals surface area contributed by atoms with Gasteiger partial charge in [0.1, 0.15) is 17.8 Å². The van der Waals surface area contributed by atoms with Gasteiger partial charge in [0.25, 0.3) is 0 Å². The van der Waals surface area contributed by atoms with E-state index < -0.39 is 0 Å². The molecule has 0 fully saturated rings. The van der Waals surface area contributed by atoms with Crippen LogP contribution in [0.25, 0.3) is 11.3 Å². The van der Waals surface area contributed by atoms with E-state index in [9.17, 15) is 9.59 Å². The predicted molar refractivity (Wildman–Crippen MR) is 101 cm³/mol. The van der Waals surface area contributed by atoms with Gasteiger partial charge in [-0.1, -0.05) is 11.6 Å². The number of halogens is 2. The van der Waals surface area contributed by atoms with Crippen molar-refractivity contribution in [2.75, 3.05) is 7.11 Å². The number of furan rings is 1. The zero-order chi connectivity index (χ0) is 18.2. The molecule has 6 heteroatoms. The van der Waals surface area contributed by atoms with Gasteiger partial charge in [-0.2, -0.15) is 0 Å². The molecule has 0 amide bonds. The van der Waals surface area contributed by atoms with Crippen LogP contribution >= 0.6 is 27.5 Å². The Bertz CT molecular complexity index is 856. The van der Waals surface area contributed by atoms with Crippen molar-refractivity contribution in [3.8, 4) is 17.1 Å². The van der Waals surface area contributed by atoms with Crippen molar-refractivity contribution >= 4 is 40.1 Å². The maximum absolute atomic E-state index is 10.4. The molecule has 1 heterocycles. The van der Waals surface area contributed by atoms with Gasteiger partial charge in [-0.3, -0.25) is 9.59 Å². The van der Waals surface area contributed by atoms with E-state index in [2.05, 4.69) is 15.9 Å². The second-order valence-corrected chi connectivity index (χ2v) is 6.13. The smallest absolute Gasteiger partial charge is 0.185 e. The van der Waals surface area contributed by atoms with Gasteiger partial charge in [-0.25, -0.2) is 0 Å². The summed E-state index contributed by atoms with van der Waals surface area (Å²) in [6, 6.07) is 15.8. The molecule has 128 valence electrons. The summed E-state index contributed by atoms with van der Waals surface area (Å²) >= 11 is 9.01. The molecule has 0 atom stereocenters. The molecule has 0 bridgehead atoms. The van der Waals surface area contributed by atoms with Crippen LogP contribution in [0.1, 0.15) is 20.9 Å². The van der Waals surface area contributed by atoms with Gasteiger partial charge in [-0.15, -0.1) is 0 Å². The Morgan fingerprint density at radius 3 is 2.24 bits per heavy atom. The highest BCUT2D eigenvalue weighted by atomic mass is 79.9. The molecule has 3 aromatic rings. The molecule has 0 aliphatic heterocycles. The summed E-state index contributed by atoms with van der Waals surface area (Å²) < 4.78 is 11.0. The summed E-state index contributed by atoms with van der Waals surface area (Å²) in [5.41, 5.74) is 1.54. The van der Waals surface area contributed by atoms with Crippen molar-refractivity contribution in [3.05, 3.63) is 75.4 Å². The molecular weight excluding hydrogens is 408 g/mol. The molecule has 2 aromatic carbocycles. The number of rotatable bonds is 4. The van der Waals surface area contributed by atoms with Gasteiger partial charge in [0.2, 0.25) is 0 Å². The van der Waals surface area contributed by atoms with Crippen molar-refractivity contribution in [3.63, 3.8) is 0 Å². The van der Waals surface area contributed by atoms with Crippen LogP contribution in [0.4, 0.5) is 0 Å². The lowest BCUT2D eigenvalue weighted by molar-refractivity contribution is 0.109. The number of benzene rings is 2. The standard InChI is InChI=1S/C11H7ClO2.C8H7BrO2/c12-9-3-1-8(2-4-9)11-6-5-10(7-13)14-11;1-11-8-3-2-6(5-10)4-7(8)9/h1-7H;2-5H,1H3. The third-order valence-corrected chi connectivity index (χ3v) is 4.06. The quantitative estimate of drug-likeness (QED) is 0.508. The van der Waals surface area contributed by atoms with Gasteiger partial charge in [0, 0.05) is 16.1 Å². The molecule has 0 saturated carbocycles. The van der Waals surface area contributed by atoms with Crippen LogP contribution in [0.15, 0.2) is 63.5 Å². The summed E-state index contributed by atoms with van der Waals surface area (Å²) in [4.78, 5) is 20.7. The third-order valence-electron chi connectivity index (χ3n) is 3.18. The number of hydrogen-bond acceptors (Lipinski definition) is 4. The van der Waals surface area contributed by atoms with Gasteiger partial charge in [0.05, 0.1) is 11.6 Å². The van der Waals surface area contributed by atoms with Crippen LogP contribution in [-0.4, -0.2) is 19.7 Å². The number of carbonyl (C=O) groups is 2.